The zero-order chi connectivity index (χ0) is 12.7. The summed E-state index contributed by atoms with van der Waals surface area (Å²) in [6, 6.07) is 0.667. The Balaban J connectivity index is 2.27. The van der Waals surface area contributed by atoms with Crippen molar-refractivity contribution in [1.82, 2.24) is 0 Å². The van der Waals surface area contributed by atoms with E-state index < -0.39 is 14.8 Å². The SMILES string of the molecule is C=CC(=O)OCCC[Si]1(OC)OCC(C)CO1. The molecule has 1 heterocycles. The predicted molar refractivity (Wildman–Crippen MR) is 64.4 cm³/mol. The molecule has 1 aliphatic heterocycles. The van der Waals surface area contributed by atoms with E-state index in [1.54, 1.807) is 7.11 Å². The lowest BCUT2D eigenvalue weighted by Crippen LogP contribution is -2.50. The lowest BCUT2D eigenvalue weighted by molar-refractivity contribution is -0.137. The first-order valence-corrected chi connectivity index (χ1v) is 7.67. The molecule has 17 heavy (non-hydrogen) atoms. The Morgan fingerprint density at radius 2 is 2.18 bits per heavy atom. The molecule has 0 aromatic heterocycles. The number of carbonyl (C=O) groups excluding carboxylic acids is 1. The average molecular weight is 260 g/mol. The van der Waals surface area contributed by atoms with Crippen molar-refractivity contribution in [1.29, 1.82) is 0 Å². The minimum atomic E-state index is -2.50. The number of carbonyl (C=O) groups is 1. The molecule has 0 aromatic carbocycles. The third kappa shape index (κ3) is 4.59. The van der Waals surface area contributed by atoms with Gasteiger partial charge in [0.2, 0.25) is 0 Å². The third-order valence-corrected chi connectivity index (χ3v) is 5.33. The zero-order valence-electron chi connectivity index (χ0n) is 10.4. The van der Waals surface area contributed by atoms with Gasteiger partial charge in [-0.05, 0) is 6.42 Å². The van der Waals surface area contributed by atoms with E-state index in [0.29, 0.717) is 38.2 Å². The average Bonchev–Trinajstić information content (AvgIpc) is 2.37. The van der Waals surface area contributed by atoms with Gasteiger partial charge in [0.15, 0.2) is 0 Å². The first-order valence-electron chi connectivity index (χ1n) is 5.74. The second-order valence-corrected chi connectivity index (χ2v) is 6.94. The van der Waals surface area contributed by atoms with Gasteiger partial charge in [-0.2, -0.15) is 0 Å². The topological polar surface area (TPSA) is 54.0 Å². The smallest absolute Gasteiger partial charge is 0.463 e. The van der Waals surface area contributed by atoms with Gasteiger partial charge < -0.3 is 18.0 Å². The van der Waals surface area contributed by atoms with Crippen LogP contribution in [0.15, 0.2) is 12.7 Å². The molecule has 6 heteroatoms. The maximum Gasteiger partial charge on any atom is 0.500 e. The molecule has 0 amide bonds. The molecule has 0 aromatic rings. The summed E-state index contributed by atoms with van der Waals surface area (Å²) in [7, 11) is -0.889. The van der Waals surface area contributed by atoms with Crippen LogP contribution in [0.4, 0.5) is 0 Å². The zero-order valence-corrected chi connectivity index (χ0v) is 11.4. The second-order valence-electron chi connectivity index (χ2n) is 4.09. The van der Waals surface area contributed by atoms with E-state index >= 15 is 0 Å². The summed E-state index contributed by atoms with van der Waals surface area (Å²) in [6.07, 6.45) is 1.83. The van der Waals surface area contributed by atoms with Gasteiger partial charge in [-0.3, -0.25) is 0 Å². The van der Waals surface area contributed by atoms with E-state index in [-0.39, 0.29) is 0 Å². The maximum absolute atomic E-state index is 10.8. The highest BCUT2D eigenvalue weighted by Crippen LogP contribution is 2.23. The molecule has 0 N–H and O–H groups in total. The monoisotopic (exact) mass is 260 g/mol. The molecule has 5 nitrogen and oxygen atoms in total. The maximum atomic E-state index is 10.8. The molecule has 0 radical (unpaired) electrons. The summed E-state index contributed by atoms with van der Waals surface area (Å²) in [5.41, 5.74) is 0. The van der Waals surface area contributed by atoms with Crippen LogP contribution < -0.4 is 0 Å². The van der Waals surface area contributed by atoms with Crippen LogP contribution in [0.3, 0.4) is 0 Å². The van der Waals surface area contributed by atoms with Gasteiger partial charge in [0.1, 0.15) is 0 Å². The number of ether oxygens (including phenoxy) is 1. The Kier molecular flexibility index (Phi) is 5.83. The Labute approximate surface area is 103 Å². The molecule has 1 aliphatic rings. The molecule has 1 rings (SSSR count). The normalized spacial score (nSPS) is 28.7. The Hall–Kier alpha value is -0.693. The summed E-state index contributed by atoms with van der Waals surface area (Å²) in [5, 5.41) is 0. The van der Waals surface area contributed by atoms with Crippen molar-refractivity contribution < 1.29 is 22.8 Å². The molecule has 1 saturated heterocycles. The van der Waals surface area contributed by atoms with Gasteiger partial charge in [-0.1, -0.05) is 13.5 Å². The summed E-state index contributed by atoms with van der Waals surface area (Å²) in [6.45, 7) is 7.08. The van der Waals surface area contributed by atoms with Crippen LogP contribution in [-0.2, 0) is 22.8 Å². The largest absolute Gasteiger partial charge is 0.500 e. The van der Waals surface area contributed by atoms with Crippen LogP contribution in [0.25, 0.3) is 0 Å². The minimum Gasteiger partial charge on any atom is -0.463 e. The first-order chi connectivity index (χ1) is 8.12. The fourth-order valence-electron chi connectivity index (χ4n) is 1.51. The molecule has 0 spiro atoms. The number of hydrogen-bond donors (Lipinski definition) is 0. The Morgan fingerprint density at radius 3 is 2.71 bits per heavy atom. The van der Waals surface area contributed by atoms with Gasteiger partial charge in [-0.25, -0.2) is 4.79 Å². The van der Waals surface area contributed by atoms with E-state index in [1.807, 2.05) is 0 Å². The van der Waals surface area contributed by atoms with Crippen molar-refractivity contribution in [3.8, 4) is 0 Å². The summed E-state index contributed by atoms with van der Waals surface area (Å²) in [5.74, 6) is 0.00149. The van der Waals surface area contributed by atoms with Crippen LogP contribution in [0.5, 0.6) is 0 Å². The van der Waals surface area contributed by atoms with Crippen molar-refractivity contribution in [3.63, 3.8) is 0 Å². The van der Waals surface area contributed by atoms with E-state index in [1.165, 1.54) is 0 Å². The van der Waals surface area contributed by atoms with Gasteiger partial charge in [-0.15, -0.1) is 0 Å². The molecule has 0 saturated carbocycles. The highest BCUT2D eigenvalue weighted by Gasteiger charge is 2.43. The van der Waals surface area contributed by atoms with E-state index in [9.17, 15) is 4.79 Å². The molecule has 98 valence electrons. The Bertz CT molecular complexity index is 261. The van der Waals surface area contributed by atoms with Crippen LogP contribution in [0, 0.1) is 5.92 Å². The highest BCUT2D eigenvalue weighted by atomic mass is 28.4. The lowest BCUT2D eigenvalue weighted by atomic mass is 10.2. The molecule has 0 atom stereocenters. The minimum absolute atomic E-state index is 0.339. The van der Waals surface area contributed by atoms with Gasteiger partial charge in [0.05, 0.1) is 6.61 Å². The summed E-state index contributed by atoms with van der Waals surface area (Å²) < 4.78 is 21.7. The molecule has 1 fully saturated rings. The van der Waals surface area contributed by atoms with Crippen molar-refractivity contribution in [2.24, 2.45) is 5.92 Å². The van der Waals surface area contributed by atoms with Crippen LogP contribution in [-0.4, -0.2) is 41.7 Å². The fourth-order valence-corrected chi connectivity index (χ4v) is 3.98. The van der Waals surface area contributed by atoms with E-state index in [4.69, 9.17) is 18.0 Å². The van der Waals surface area contributed by atoms with Gasteiger partial charge in [0.25, 0.3) is 0 Å². The molecular formula is C11H20O5Si. The Morgan fingerprint density at radius 1 is 1.53 bits per heavy atom. The fraction of sp³-hybridized carbons (Fsp3) is 0.727. The van der Waals surface area contributed by atoms with Crippen LogP contribution >= 0.6 is 0 Å². The standard InChI is InChI=1S/C11H20O5Si/c1-4-11(12)14-6-5-7-17(13-3)15-8-10(2)9-16-17/h4,10H,1,5-9H2,2-3H3. The quantitative estimate of drug-likeness (QED) is 0.312. The van der Waals surface area contributed by atoms with Crippen molar-refractivity contribution >= 4 is 14.8 Å². The summed E-state index contributed by atoms with van der Waals surface area (Å²) >= 11 is 0. The highest BCUT2D eigenvalue weighted by molar-refractivity contribution is 6.60. The number of hydrogen-bond acceptors (Lipinski definition) is 5. The molecule has 0 unspecified atom stereocenters. The predicted octanol–water partition coefficient (Wildman–Crippen LogP) is 1.37. The second kappa shape index (κ2) is 6.90. The van der Waals surface area contributed by atoms with Crippen molar-refractivity contribution in [2.75, 3.05) is 26.9 Å². The number of rotatable bonds is 6. The van der Waals surface area contributed by atoms with Crippen LogP contribution in [0.2, 0.25) is 6.04 Å². The third-order valence-electron chi connectivity index (χ3n) is 2.52. The number of esters is 1. The first kappa shape index (κ1) is 14.4. The molecular weight excluding hydrogens is 240 g/mol. The van der Waals surface area contributed by atoms with Crippen LogP contribution in [0.1, 0.15) is 13.3 Å². The van der Waals surface area contributed by atoms with Gasteiger partial charge >= 0.3 is 14.8 Å². The van der Waals surface area contributed by atoms with Crippen molar-refractivity contribution in [3.05, 3.63) is 12.7 Å². The summed E-state index contributed by atoms with van der Waals surface area (Å²) in [4.78, 5) is 10.8. The van der Waals surface area contributed by atoms with E-state index in [0.717, 1.165) is 6.08 Å². The van der Waals surface area contributed by atoms with Crippen molar-refractivity contribution in [2.45, 2.75) is 19.4 Å². The van der Waals surface area contributed by atoms with E-state index in [2.05, 4.69) is 13.5 Å². The lowest BCUT2D eigenvalue weighted by Gasteiger charge is -2.34. The van der Waals surface area contributed by atoms with Gasteiger partial charge in [0, 0.05) is 38.4 Å². The molecule has 0 bridgehead atoms. The molecule has 0 aliphatic carbocycles.